The summed E-state index contributed by atoms with van der Waals surface area (Å²) < 4.78 is 5.14. The van der Waals surface area contributed by atoms with Gasteiger partial charge in [-0.1, -0.05) is 18.2 Å². The van der Waals surface area contributed by atoms with Crippen LogP contribution in [0.15, 0.2) is 53.4 Å². The van der Waals surface area contributed by atoms with Crippen molar-refractivity contribution in [2.24, 2.45) is 0 Å². The molecule has 20 heavy (non-hydrogen) atoms. The third-order valence-corrected chi connectivity index (χ3v) is 3.35. The van der Waals surface area contributed by atoms with Gasteiger partial charge in [0.2, 0.25) is 0 Å². The maximum atomic E-state index is 11.9. The van der Waals surface area contributed by atoms with Crippen LogP contribution in [0.25, 0.3) is 0 Å². The van der Waals surface area contributed by atoms with E-state index in [-0.39, 0.29) is 11.3 Å². The standard InChI is InChI=1S/C14H11NO4S/c1-20-13-8-7-10(9-12(13)15(17)18)14(16)19-11-5-3-2-4-6-11/h2-9H,1H3. The van der Waals surface area contributed by atoms with Gasteiger partial charge >= 0.3 is 5.97 Å². The molecular weight excluding hydrogens is 278 g/mol. The van der Waals surface area contributed by atoms with Crippen LogP contribution in [0.3, 0.4) is 0 Å². The summed E-state index contributed by atoms with van der Waals surface area (Å²) in [4.78, 5) is 22.9. The molecule has 0 atom stereocenters. The number of thioether (sulfide) groups is 1. The van der Waals surface area contributed by atoms with Crippen molar-refractivity contribution in [2.75, 3.05) is 6.26 Å². The number of para-hydroxylation sites is 1. The van der Waals surface area contributed by atoms with Crippen molar-refractivity contribution in [3.8, 4) is 5.75 Å². The fourth-order valence-electron chi connectivity index (χ4n) is 1.61. The maximum Gasteiger partial charge on any atom is 0.343 e. The van der Waals surface area contributed by atoms with Gasteiger partial charge in [0.25, 0.3) is 5.69 Å². The quantitative estimate of drug-likeness (QED) is 0.283. The van der Waals surface area contributed by atoms with Gasteiger partial charge in [-0.3, -0.25) is 10.1 Å². The highest BCUT2D eigenvalue weighted by Crippen LogP contribution is 2.28. The number of carbonyl (C=O) groups is 1. The average Bonchev–Trinajstić information content (AvgIpc) is 2.47. The zero-order valence-corrected chi connectivity index (χ0v) is 11.4. The topological polar surface area (TPSA) is 69.4 Å². The molecule has 0 amide bonds. The molecule has 0 saturated carbocycles. The van der Waals surface area contributed by atoms with E-state index in [1.54, 1.807) is 42.7 Å². The molecule has 0 radical (unpaired) electrons. The summed E-state index contributed by atoms with van der Waals surface area (Å²) in [5, 5.41) is 11.0. The van der Waals surface area contributed by atoms with Crippen LogP contribution in [0.1, 0.15) is 10.4 Å². The van der Waals surface area contributed by atoms with E-state index in [2.05, 4.69) is 0 Å². The normalized spacial score (nSPS) is 10.1. The summed E-state index contributed by atoms with van der Waals surface area (Å²) in [7, 11) is 0. The molecule has 0 N–H and O–H groups in total. The van der Waals surface area contributed by atoms with E-state index in [1.165, 1.54) is 23.9 Å². The minimum Gasteiger partial charge on any atom is -0.423 e. The van der Waals surface area contributed by atoms with Gasteiger partial charge in [0, 0.05) is 6.07 Å². The average molecular weight is 289 g/mol. The van der Waals surface area contributed by atoms with Gasteiger partial charge in [0.15, 0.2) is 0 Å². The highest BCUT2D eigenvalue weighted by atomic mass is 32.2. The molecule has 0 saturated heterocycles. The smallest absolute Gasteiger partial charge is 0.343 e. The Hall–Kier alpha value is -2.34. The molecule has 5 nitrogen and oxygen atoms in total. The predicted octanol–water partition coefficient (Wildman–Crippen LogP) is 3.54. The number of ether oxygens (including phenoxy) is 1. The Balaban J connectivity index is 2.27. The van der Waals surface area contributed by atoms with E-state index in [0.717, 1.165) is 0 Å². The Labute approximate surface area is 119 Å². The van der Waals surface area contributed by atoms with Crippen LogP contribution in [0, 0.1) is 10.1 Å². The monoisotopic (exact) mass is 289 g/mol. The second-order valence-corrected chi connectivity index (χ2v) is 4.69. The van der Waals surface area contributed by atoms with Crippen molar-refractivity contribution in [1.82, 2.24) is 0 Å². The molecule has 102 valence electrons. The third kappa shape index (κ3) is 3.16. The highest BCUT2D eigenvalue weighted by Gasteiger charge is 2.18. The number of rotatable bonds is 4. The molecule has 0 spiro atoms. The van der Waals surface area contributed by atoms with E-state index in [9.17, 15) is 14.9 Å². The van der Waals surface area contributed by atoms with Crippen molar-refractivity contribution >= 4 is 23.4 Å². The van der Waals surface area contributed by atoms with Crippen molar-refractivity contribution in [3.05, 3.63) is 64.2 Å². The van der Waals surface area contributed by atoms with E-state index < -0.39 is 10.9 Å². The van der Waals surface area contributed by atoms with E-state index in [1.807, 2.05) is 0 Å². The molecule has 2 aromatic carbocycles. The molecule has 0 aromatic heterocycles. The number of nitro groups is 1. The molecule has 2 aromatic rings. The second-order valence-electron chi connectivity index (χ2n) is 3.85. The first-order chi connectivity index (χ1) is 9.61. The van der Waals surface area contributed by atoms with Gasteiger partial charge in [-0.15, -0.1) is 11.8 Å². The van der Waals surface area contributed by atoms with Crippen LogP contribution in [0.4, 0.5) is 5.69 Å². The third-order valence-electron chi connectivity index (χ3n) is 2.57. The first-order valence-corrected chi connectivity index (χ1v) is 6.94. The lowest BCUT2D eigenvalue weighted by Crippen LogP contribution is -2.09. The van der Waals surface area contributed by atoms with Gasteiger partial charge in [0.05, 0.1) is 15.4 Å². The summed E-state index contributed by atoms with van der Waals surface area (Å²) in [5.41, 5.74) is 0.0540. The largest absolute Gasteiger partial charge is 0.423 e. The molecular formula is C14H11NO4S. The number of nitrogens with zero attached hydrogens (tertiary/aromatic N) is 1. The fraction of sp³-hybridized carbons (Fsp3) is 0.0714. The van der Waals surface area contributed by atoms with E-state index in [0.29, 0.717) is 10.6 Å². The lowest BCUT2D eigenvalue weighted by Gasteiger charge is -2.05. The lowest BCUT2D eigenvalue weighted by molar-refractivity contribution is -0.387. The molecule has 6 heteroatoms. The van der Waals surface area contributed by atoms with Crippen molar-refractivity contribution in [2.45, 2.75) is 4.90 Å². The van der Waals surface area contributed by atoms with E-state index in [4.69, 9.17) is 4.74 Å². The molecule has 0 aliphatic heterocycles. The van der Waals surface area contributed by atoms with Crippen LogP contribution >= 0.6 is 11.8 Å². The molecule has 0 unspecified atom stereocenters. The number of esters is 1. The highest BCUT2D eigenvalue weighted by molar-refractivity contribution is 7.98. The first kappa shape index (κ1) is 14.1. The summed E-state index contributed by atoms with van der Waals surface area (Å²) in [6.45, 7) is 0. The number of nitro benzene ring substituents is 1. The Kier molecular flexibility index (Phi) is 4.37. The van der Waals surface area contributed by atoms with Crippen molar-refractivity contribution in [1.29, 1.82) is 0 Å². The van der Waals surface area contributed by atoms with Crippen LogP contribution in [-0.4, -0.2) is 17.1 Å². The number of hydrogen-bond donors (Lipinski definition) is 0. The summed E-state index contributed by atoms with van der Waals surface area (Å²) in [5.74, 6) is -0.221. The molecule has 2 rings (SSSR count). The molecule has 0 fully saturated rings. The van der Waals surface area contributed by atoms with Gasteiger partial charge in [-0.25, -0.2) is 4.79 Å². The van der Waals surface area contributed by atoms with Crippen LogP contribution < -0.4 is 4.74 Å². The van der Waals surface area contributed by atoms with Gasteiger partial charge < -0.3 is 4.74 Å². The Morgan fingerprint density at radius 2 is 1.90 bits per heavy atom. The van der Waals surface area contributed by atoms with Gasteiger partial charge in [0.1, 0.15) is 5.75 Å². The second kappa shape index (κ2) is 6.21. The Morgan fingerprint density at radius 1 is 1.20 bits per heavy atom. The first-order valence-electron chi connectivity index (χ1n) is 5.71. The van der Waals surface area contributed by atoms with Crippen LogP contribution in [0.5, 0.6) is 5.75 Å². The minimum atomic E-state index is -0.619. The van der Waals surface area contributed by atoms with Gasteiger partial charge in [-0.05, 0) is 30.5 Å². The molecule has 0 heterocycles. The molecule has 0 bridgehead atoms. The summed E-state index contributed by atoms with van der Waals surface area (Å²) >= 11 is 1.25. The zero-order valence-electron chi connectivity index (χ0n) is 10.6. The fourth-order valence-corrected chi connectivity index (χ4v) is 2.16. The van der Waals surface area contributed by atoms with Crippen molar-refractivity contribution < 1.29 is 14.5 Å². The van der Waals surface area contributed by atoms with Crippen molar-refractivity contribution in [3.63, 3.8) is 0 Å². The van der Waals surface area contributed by atoms with E-state index >= 15 is 0 Å². The summed E-state index contributed by atoms with van der Waals surface area (Å²) in [6, 6.07) is 12.9. The minimum absolute atomic E-state index is 0.0972. The Bertz CT molecular complexity index is 643. The number of hydrogen-bond acceptors (Lipinski definition) is 5. The summed E-state index contributed by atoms with van der Waals surface area (Å²) in [6.07, 6.45) is 1.74. The maximum absolute atomic E-state index is 11.9. The number of benzene rings is 2. The lowest BCUT2D eigenvalue weighted by atomic mass is 10.2. The van der Waals surface area contributed by atoms with Crippen LogP contribution in [-0.2, 0) is 0 Å². The zero-order chi connectivity index (χ0) is 14.5. The predicted molar refractivity (Wildman–Crippen MR) is 76.3 cm³/mol. The molecule has 0 aliphatic rings. The van der Waals surface area contributed by atoms with Gasteiger partial charge in [-0.2, -0.15) is 0 Å². The Morgan fingerprint density at radius 3 is 2.50 bits per heavy atom. The number of carbonyl (C=O) groups excluding carboxylic acids is 1. The SMILES string of the molecule is CSc1ccc(C(=O)Oc2ccccc2)cc1[N+](=O)[O-]. The van der Waals surface area contributed by atoms with Crippen LogP contribution in [0.2, 0.25) is 0 Å². The molecule has 0 aliphatic carbocycles.